The Balaban J connectivity index is 2.22. The van der Waals surface area contributed by atoms with Gasteiger partial charge in [0, 0.05) is 22.9 Å². The number of rotatable bonds is 7. The van der Waals surface area contributed by atoms with Crippen LogP contribution in [0.15, 0.2) is 64.8 Å². The molecule has 2 N–H and O–H groups in total. The number of benzene rings is 2. The lowest BCUT2D eigenvalue weighted by Crippen LogP contribution is -2.36. The Morgan fingerprint density at radius 1 is 1.08 bits per heavy atom. The molecule has 1 aliphatic rings. The molecule has 10 heteroatoms. The van der Waals surface area contributed by atoms with E-state index in [9.17, 15) is 27.6 Å². The van der Waals surface area contributed by atoms with Gasteiger partial charge in [-0.25, -0.2) is 4.79 Å². The van der Waals surface area contributed by atoms with Crippen LogP contribution in [-0.4, -0.2) is 37.2 Å². The number of carbonyl (C=O) groups excluding carboxylic acids is 3. The fraction of sp³-hybridized carbons (Fsp3) is 0.308. The molecule has 1 aliphatic heterocycles. The number of methoxy groups -OCH3 is 1. The molecule has 2 aromatic carbocycles. The lowest BCUT2D eigenvalue weighted by Gasteiger charge is -2.32. The molecule has 0 bridgehead atoms. The largest absolute Gasteiger partial charge is 0.468 e. The van der Waals surface area contributed by atoms with Crippen LogP contribution in [0.3, 0.4) is 0 Å². The van der Waals surface area contributed by atoms with Crippen molar-refractivity contribution in [3.63, 3.8) is 0 Å². The molecule has 0 spiro atoms. The van der Waals surface area contributed by atoms with Gasteiger partial charge in [0.2, 0.25) is 0 Å². The third-order valence-electron chi connectivity index (χ3n) is 5.80. The third-order valence-corrected chi connectivity index (χ3v) is 5.80. The Morgan fingerprint density at radius 2 is 1.75 bits per heavy atom. The predicted octanol–water partition coefficient (Wildman–Crippen LogP) is 4.73. The van der Waals surface area contributed by atoms with Crippen molar-refractivity contribution in [2.75, 3.05) is 19.5 Å². The number of allylic oxidation sites excluding steroid dienone is 1. The highest BCUT2D eigenvalue weighted by Gasteiger charge is 2.44. The van der Waals surface area contributed by atoms with Crippen LogP contribution in [0.5, 0.6) is 0 Å². The first kappa shape index (κ1) is 26.7. The van der Waals surface area contributed by atoms with E-state index in [2.05, 4.69) is 4.99 Å². The topological polar surface area (TPSA) is 108 Å². The molecule has 0 saturated heterocycles. The van der Waals surface area contributed by atoms with Crippen molar-refractivity contribution < 1.29 is 37.0 Å². The molecular weight excluding hydrogens is 477 g/mol. The average molecular weight is 502 g/mol. The second kappa shape index (κ2) is 10.8. The van der Waals surface area contributed by atoms with Crippen LogP contribution < -0.4 is 5.73 Å². The first-order valence-electron chi connectivity index (χ1n) is 11.1. The molecule has 0 aromatic heterocycles. The smallest absolute Gasteiger partial charge is 0.416 e. The Kier molecular flexibility index (Phi) is 7.96. The highest BCUT2D eigenvalue weighted by atomic mass is 19.4. The van der Waals surface area contributed by atoms with Crippen LogP contribution in [0.2, 0.25) is 0 Å². The Bertz CT molecular complexity index is 1230. The highest BCUT2D eigenvalue weighted by molar-refractivity contribution is 6.08. The molecule has 190 valence electrons. The Labute approximate surface area is 205 Å². The minimum atomic E-state index is -4.66. The van der Waals surface area contributed by atoms with Gasteiger partial charge in [-0.2, -0.15) is 13.2 Å². The van der Waals surface area contributed by atoms with E-state index in [0.29, 0.717) is 11.3 Å². The first-order chi connectivity index (χ1) is 17.0. The normalized spacial score (nSPS) is 17.9. The highest BCUT2D eigenvalue weighted by Crippen LogP contribution is 2.42. The summed E-state index contributed by atoms with van der Waals surface area (Å²) in [5.74, 6) is -4.49. The summed E-state index contributed by atoms with van der Waals surface area (Å²) in [5, 5.41) is 0. The van der Waals surface area contributed by atoms with Crippen LogP contribution in [0.25, 0.3) is 0 Å². The van der Waals surface area contributed by atoms with Gasteiger partial charge < -0.3 is 15.2 Å². The van der Waals surface area contributed by atoms with Gasteiger partial charge in [0.15, 0.2) is 5.78 Å². The van der Waals surface area contributed by atoms with Crippen LogP contribution in [-0.2, 0) is 25.2 Å². The van der Waals surface area contributed by atoms with Crippen LogP contribution in [0, 0.1) is 5.92 Å². The molecule has 2 unspecified atom stereocenters. The molecule has 0 saturated carbocycles. The van der Waals surface area contributed by atoms with Gasteiger partial charge in [0.05, 0.1) is 37.0 Å². The van der Waals surface area contributed by atoms with Gasteiger partial charge in [0.1, 0.15) is 5.92 Å². The molecular formula is C26H25F3N2O5. The minimum absolute atomic E-state index is 0.00957. The van der Waals surface area contributed by atoms with Crippen LogP contribution >= 0.6 is 0 Å². The van der Waals surface area contributed by atoms with Gasteiger partial charge in [-0.3, -0.25) is 14.6 Å². The summed E-state index contributed by atoms with van der Waals surface area (Å²) in [6.07, 6.45) is -5.00. The van der Waals surface area contributed by atoms with E-state index in [1.165, 1.54) is 31.2 Å². The number of anilines is 1. The maximum atomic E-state index is 13.5. The molecule has 3 rings (SSSR count). The van der Waals surface area contributed by atoms with E-state index in [1.807, 2.05) is 0 Å². The lowest BCUT2D eigenvalue weighted by molar-refractivity contribution is -0.144. The number of nitrogen functional groups attached to an aromatic ring is 1. The van der Waals surface area contributed by atoms with E-state index >= 15 is 0 Å². The quantitative estimate of drug-likeness (QED) is 0.333. The van der Waals surface area contributed by atoms with E-state index in [4.69, 9.17) is 15.2 Å². The van der Waals surface area contributed by atoms with Crippen LogP contribution in [0.4, 0.5) is 18.9 Å². The van der Waals surface area contributed by atoms with Gasteiger partial charge >= 0.3 is 18.1 Å². The standard InChI is InChI=1S/C26H25F3N2O5/c1-4-36-25(34)23-19(13-20(32)15-8-10-18(30)11-9-15)31-14(2)21(24(33)35-3)22(23)16-6-5-7-17(12-16)26(27,28)29/h5-12,21-22H,4,13,30H2,1-3H3. The number of Topliss-reactive ketones (excluding diaryl/α,β-unsaturated/α-hetero) is 1. The SMILES string of the molecule is CCOC(=O)C1=C(CC(=O)c2ccc(N)cc2)N=C(C)C(C(=O)OC)C1c1cccc(C(F)(F)F)c1. The number of hydrogen-bond acceptors (Lipinski definition) is 7. The Hall–Kier alpha value is -3.95. The summed E-state index contributed by atoms with van der Waals surface area (Å²) >= 11 is 0. The maximum absolute atomic E-state index is 13.5. The predicted molar refractivity (Wildman–Crippen MR) is 126 cm³/mol. The second-order valence-electron chi connectivity index (χ2n) is 8.16. The molecule has 1 heterocycles. The fourth-order valence-corrected chi connectivity index (χ4v) is 4.14. The molecule has 0 fully saturated rings. The summed E-state index contributed by atoms with van der Waals surface area (Å²) in [6, 6.07) is 10.5. The minimum Gasteiger partial charge on any atom is -0.468 e. The average Bonchev–Trinajstić information content (AvgIpc) is 2.83. The number of hydrogen-bond donors (Lipinski definition) is 1. The van der Waals surface area contributed by atoms with E-state index in [1.54, 1.807) is 19.1 Å². The Morgan fingerprint density at radius 3 is 2.33 bits per heavy atom. The number of carbonyl (C=O) groups is 3. The molecule has 0 radical (unpaired) electrons. The zero-order chi connectivity index (χ0) is 26.6. The summed E-state index contributed by atoms with van der Waals surface area (Å²) in [6.45, 7) is 3.02. The molecule has 2 atom stereocenters. The van der Waals surface area contributed by atoms with Crippen LogP contribution in [0.1, 0.15) is 47.7 Å². The number of aliphatic imine (C=N–C) groups is 1. The molecule has 7 nitrogen and oxygen atoms in total. The molecule has 0 amide bonds. The van der Waals surface area contributed by atoms with Crippen molar-refractivity contribution in [1.29, 1.82) is 0 Å². The number of ether oxygens (including phenoxy) is 2. The maximum Gasteiger partial charge on any atom is 0.416 e. The van der Waals surface area contributed by atoms with E-state index in [-0.39, 0.29) is 35.6 Å². The van der Waals surface area contributed by atoms with Crippen molar-refractivity contribution in [1.82, 2.24) is 0 Å². The van der Waals surface area contributed by atoms with Crippen molar-refractivity contribution in [3.05, 3.63) is 76.5 Å². The number of ketones is 1. The summed E-state index contributed by atoms with van der Waals surface area (Å²) in [7, 11) is 1.13. The van der Waals surface area contributed by atoms with Gasteiger partial charge in [-0.1, -0.05) is 18.2 Å². The molecule has 36 heavy (non-hydrogen) atoms. The van der Waals surface area contributed by atoms with Crippen molar-refractivity contribution in [2.45, 2.75) is 32.4 Å². The van der Waals surface area contributed by atoms with E-state index in [0.717, 1.165) is 19.2 Å². The monoisotopic (exact) mass is 502 g/mol. The number of alkyl halides is 3. The first-order valence-corrected chi connectivity index (χ1v) is 11.1. The van der Waals surface area contributed by atoms with Gasteiger partial charge in [0.25, 0.3) is 0 Å². The summed E-state index contributed by atoms with van der Waals surface area (Å²) < 4.78 is 50.6. The third kappa shape index (κ3) is 5.64. The zero-order valence-corrected chi connectivity index (χ0v) is 19.9. The van der Waals surface area contributed by atoms with Crippen molar-refractivity contribution in [3.8, 4) is 0 Å². The second-order valence-corrected chi connectivity index (χ2v) is 8.16. The summed E-state index contributed by atoms with van der Waals surface area (Å²) in [5.41, 5.74) is 5.56. The zero-order valence-electron chi connectivity index (χ0n) is 19.9. The molecule has 2 aromatic rings. The number of nitrogens with zero attached hydrogens (tertiary/aromatic N) is 1. The van der Waals surface area contributed by atoms with Gasteiger partial charge in [-0.15, -0.1) is 0 Å². The van der Waals surface area contributed by atoms with Crippen molar-refractivity contribution in [2.24, 2.45) is 10.9 Å². The number of halogens is 3. The molecule has 0 aliphatic carbocycles. The van der Waals surface area contributed by atoms with E-state index < -0.39 is 41.3 Å². The number of nitrogens with two attached hydrogens (primary N) is 1. The van der Waals surface area contributed by atoms with Crippen molar-refractivity contribution >= 4 is 29.1 Å². The lowest BCUT2D eigenvalue weighted by atomic mass is 9.74. The van der Waals surface area contributed by atoms with Gasteiger partial charge in [-0.05, 0) is 49.7 Å². The fourth-order valence-electron chi connectivity index (χ4n) is 4.14. The number of esters is 2. The summed E-state index contributed by atoms with van der Waals surface area (Å²) in [4.78, 5) is 43.3.